The summed E-state index contributed by atoms with van der Waals surface area (Å²) in [4.78, 5) is 11.9. The number of aryl methyl sites for hydroxylation is 1. The van der Waals surface area contributed by atoms with Gasteiger partial charge in [0.15, 0.2) is 0 Å². The Bertz CT molecular complexity index is 627. The molecule has 0 radical (unpaired) electrons. The highest BCUT2D eigenvalue weighted by molar-refractivity contribution is 9.10. The lowest BCUT2D eigenvalue weighted by Crippen LogP contribution is -2.25. The van der Waals surface area contributed by atoms with Crippen molar-refractivity contribution in [2.75, 3.05) is 0 Å². The number of hydrogen-bond acceptors (Lipinski definition) is 1. The average molecular weight is 346 g/mol. The van der Waals surface area contributed by atoms with Crippen LogP contribution >= 0.6 is 27.5 Å². The van der Waals surface area contributed by atoms with Crippen LogP contribution in [0.1, 0.15) is 16.1 Å². The monoisotopic (exact) mass is 344 g/mol. The van der Waals surface area contributed by atoms with E-state index in [1.54, 1.807) is 36.0 Å². The van der Waals surface area contributed by atoms with Gasteiger partial charge in [0.25, 0.3) is 5.91 Å². The van der Waals surface area contributed by atoms with Crippen molar-refractivity contribution >= 4 is 33.4 Å². The standard InChI is InChI=1S/C13H11BrClFN2O/c1-18-7-10(15)5-12(18)13(19)17-6-8-4-9(14)2-3-11(8)16/h2-5,7H,6H2,1H3,(H,17,19). The van der Waals surface area contributed by atoms with Crippen LogP contribution in [0.15, 0.2) is 34.9 Å². The number of amides is 1. The number of nitrogens with zero attached hydrogens (tertiary/aromatic N) is 1. The first-order valence-corrected chi connectivity index (χ1v) is 6.68. The van der Waals surface area contributed by atoms with Crippen LogP contribution in [-0.2, 0) is 13.6 Å². The number of nitrogens with one attached hydrogen (secondary N) is 1. The van der Waals surface area contributed by atoms with Crippen molar-refractivity contribution in [2.24, 2.45) is 7.05 Å². The molecule has 1 aromatic carbocycles. The minimum Gasteiger partial charge on any atom is -0.347 e. The number of halogens is 3. The highest BCUT2D eigenvalue weighted by atomic mass is 79.9. The molecule has 100 valence electrons. The predicted octanol–water partition coefficient (Wildman–Crippen LogP) is 3.51. The summed E-state index contributed by atoms with van der Waals surface area (Å²) in [5.74, 6) is -0.651. The van der Waals surface area contributed by atoms with E-state index in [2.05, 4.69) is 21.2 Å². The van der Waals surface area contributed by atoms with Crippen molar-refractivity contribution in [3.8, 4) is 0 Å². The van der Waals surface area contributed by atoms with Gasteiger partial charge in [-0.15, -0.1) is 0 Å². The van der Waals surface area contributed by atoms with Crippen LogP contribution in [0.25, 0.3) is 0 Å². The molecule has 3 nitrogen and oxygen atoms in total. The normalized spacial score (nSPS) is 10.5. The zero-order valence-electron chi connectivity index (χ0n) is 10.1. The van der Waals surface area contributed by atoms with E-state index < -0.39 is 0 Å². The SMILES string of the molecule is Cn1cc(Cl)cc1C(=O)NCc1cc(Br)ccc1F. The minimum atomic E-state index is -0.353. The predicted molar refractivity (Wildman–Crippen MR) is 75.7 cm³/mol. The molecular weight excluding hydrogens is 335 g/mol. The Morgan fingerprint density at radius 1 is 1.47 bits per heavy atom. The number of carbonyl (C=O) groups excluding carboxylic acids is 1. The highest BCUT2D eigenvalue weighted by Crippen LogP contribution is 2.16. The molecule has 0 aliphatic carbocycles. The van der Waals surface area contributed by atoms with Crippen molar-refractivity contribution in [1.29, 1.82) is 0 Å². The largest absolute Gasteiger partial charge is 0.347 e. The Labute approximate surface area is 123 Å². The molecule has 1 aromatic heterocycles. The van der Waals surface area contributed by atoms with Crippen LogP contribution in [0.2, 0.25) is 5.02 Å². The molecule has 0 aliphatic rings. The number of benzene rings is 1. The number of carbonyl (C=O) groups is 1. The first-order chi connectivity index (χ1) is 8.97. The van der Waals surface area contributed by atoms with Crippen LogP contribution in [-0.4, -0.2) is 10.5 Å². The third kappa shape index (κ3) is 3.36. The Morgan fingerprint density at radius 2 is 2.21 bits per heavy atom. The van der Waals surface area contributed by atoms with Gasteiger partial charge in [-0.3, -0.25) is 4.79 Å². The summed E-state index contributed by atoms with van der Waals surface area (Å²) in [5, 5.41) is 3.15. The van der Waals surface area contributed by atoms with E-state index in [0.29, 0.717) is 16.3 Å². The molecule has 1 N–H and O–H groups in total. The molecule has 1 heterocycles. The molecule has 1 amide bonds. The summed E-state index contributed by atoms with van der Waals surface area (Å²) in [7, 11) is 1.72. The molecular formula is C13H11BrClFN2O. The Morgan fingerprint density at radius 3 is 2.84 bits per heavy atom. The van der Waals surface area contributed by atoms with E-state index in [1.165, 1.54) is 6.07 Å². The lowest BCUT2D eigenvalue weighted by Gasteiger charge is -2.07. The molecule has 0 saturated carbocycles. The van der Waals surface area contributed by atoms with E-state index in [1.807, 2.05) is 0 Å². The second-order valence-electron chi connectivity index (χ2n) is 4.07. The van der Waals surface area contributed by atoms with Gasteiger partial charge in [0.2, 0.25) is 0 Å². The van der Waals surface area contributed by atoms with Crippen molar-refractivity contribution < 1.29 is 9.18 Å². The van der Waals surface area contributed by atoms with Gasteiger partial charge in [-0.05, 0) is 24.3 Å². The quantitative estimate of drug-likeness (QED) is 0.907. The Balaban J connectivity index is 2.08. The zero-order valence-corrected chi connectivity index (χ0v) is 12.4. The third-order valence-electron chi connectivity index (χ3n) is 2.65. The smallest absolute Gasteiger partial charge is 0.268 e. The van der Waals surface area contributed by atoms with E-state index in [0.717, 1.165) is 4.47 Å². The molecule has 0 bridgehead atoms. The van der Waals surface area contributed by atoms with Crippen LogP contribution in [0.3, 0.4) is 0 Å². The van der Waals surface area contributed by atoms with Gasteiger partial charge in [-0.25, -0.2) is 4.39 Å². The highest BCUT2D eigenvalue weighted by Gasteiger charge is 2.12. The molecule has 0 unspecified atom stereocenters. The number of aromatic nitrogens is 1. The lowest BCUT2D eigenvalue weighted by atomic mass is 10.2. The Kier molecular flexibility index (Phi) is 4.27. The van der Waals surface area contributed by atoms with Crippen molar-refractivity contribution in [3.63, 3.8) is 0 Å². The topological polar surface area (TPSA) is 34.0 Å². The molecule has 0 atom stereocenters. The summed E-state index contributed by atoms with van der Waals surface area (Å²) < 4.78 is 15.9. The molecule has 0 spiro atoms. The molecule has 0 saturated heterocycles. The summed E-state index contributed by atoms with van der Waals surface area (Å²) in [6.45, 7) is 0.118. The van der Waals surface area contributed by atoms with Crippen LogP contribution < -0.4 is 5.32 Å². The fourth-order valence-corrected chi connectivity index (χ4v) is 2.35. The van der Waals surface area contributed by atoms with Crippen LogP contribution in [0, 0.1) is 5.82 Å². The van der Waals surface area contributed by atoms with Gasteiger partial charge in [0, 0.05) is 29.8 Å². The molecule has 2 rings (SSSR count). The first kappa shape index (κ1) is 14.1. The summed E-state index contributed by atoms with van der Waals surface area (Å²) in [6.07, 6.45) is 1.64. The fourth-order valence-electron chi connectivity index (χ4n) is 1.69. The molecule has 0 fully saturated rings. The summed E-state index contributed by atoms with van der Waals surface area (Å²) in [6, 6.07) is 6.16. The fraction of sp³-hybridized carbons (Fsp3) is 0.154. The van der Waals surface area contributed by atoms with Gasteiger partial charge < -0.3 is 9.88 Å². The van der Waals surface area contributed by atoms with Crippen molar-refractivity contribution in [2.45, 2.75) is 6.54 Å². The summed E-state index contributed by atoms with van der Waals surface area (Å²) >= 11 is 9.07. The third-order valence-corrected chi connectivity index (χ3v) is 3.35. The average Bonchev–Trinajstić information content (AvgIpc) is 2.69. The van der Waals surface area contributed by atoms with E-state index in [4.69, 9.17) is 11.6 Å². The van der Waals surface area contributed by atoms with E-state index in [-0.39, 0.29) is 18.3 Å². The molecule has 6 heteroatoms. The summed E-state index contributed by atoms with van der Waals surface area (Å²) in [5.41, 5.74) is 0.850. The van der Waals surface area contributed by atoms with Gasteiger partial charge in [0.1, 0.15) is 11.5 Å². The maximum Gasteiger partial charge on any atom is 0.268 e. The van der Waals surface area contributed by atoms with Gasteiger partial charge >= 0.3 is 0 Å². The Hall–Kier alpha value is -1.33. The maximum atomic E-state index is 13.5. The van der Waals surface area contributed by atoms with E-state index >= 15 is 0 Å². The second-order valence-corrected chi connectivity index (χ2v) is 5.42. The minimum absolute atomic E-state index is 0.118. The van der Waals surface area contributed by atoms with Gasteiger partial charge in [-0.1, -0.05) is 27.5 Å². The van der Waals surface area contributed by atoms with Gasteiger partial charge in [0.05, 0.1) is 5.02 Å². The zero-order chi connectivity index (χ0) is 14.0. The van der Waals surface area contributed by atoms with Crippen LogP contribution in [0.4, 0.5) is 4.39 Å². The molecule has 0 aliphatic heterocycles. The van der Waals surface area contributed by atoms with Crippen LogP contribution in [0.5, 0.6) is 0 Å². The lowest BCUT2D eigenvalue weighted by molar-refractivity contribution is 0.0942. The van der Waals surface area contributed by atoms with E-state index in [9.17, 15) is 9.18 Å². The molecule has 19 heavy (non-hydrogen) atoms. The number of hydrogen-bond donors (Lipinski definition) is 1. The van der Waals surface area contributed by atoms with Gasteiger partial charge in [-0.2, -0.15) is 0 Å². The maximum absolute atomic E-state index is 13.5. The van der Waals surface area contributed by atoms with Crippen molar-refractivity contribution in [1.82, 2.24) is 9.88 Å². The van der Waals surface area contributed by atoms with Crippen molar-refractivity contribution in [3.05, 3.63) is 57.0 Å². The first-order valence-electron chi connectivity index (χ1n) is 5.51. The molecule has 2 aromatic rings. The number of rotatable bonds is 3. The second kappa shape index (κ2) is 5.75.